The summed E-state index contributed by atoms with van der Waals surface area (Å²) < 4.78 is 36.8. The predicted octanol–water partition coefficient (Wildman–Crippen LogP) is 2.62. The molecule has 0 bridgehead atoms. The van der Waals surface area contributed by atoms with Gasteiger partial charge >= 0.3 is 0 Å². The molecular formula is C11H7ClFN3O2S. The highest BCUT2D eigenvalue weighted by Crippen LogP contribution is 2.33. The summed E-state index contributed by atoms with van der Waals surface area (Å²) in [6.07, 6.45) is 4.27. The van der Waals surface area contributed by atoms with E-state index >= 15 is 0 Å². The van der Waals surface area contributed by atoms with Crippen LogP contribution in [0.5, 0.6) is 0 Å². The summed E-state index contributed by atoms with van der Waals surface area (Å²) in [6, 6.07) is 2.54. The SMILES string of the molecule is O=S(=O)(Cl)c1c[nH]c2c(-c3ncc[nH]3)c(F)ccc12. The van der Waals surface area contributed by atoms with Crippen LogP contribution >= 0.6 is 10.7 Å². The first kappa shape index (κ1) is 12.2. The number of hydrogen-bond donors (Lipinski definition) is 2. The summed E-state index contributed by atoms with van der Waals surface area (Å²) in [4.78, 5) is 9.39. The number of halogens is 2. The summed E-state index contributed by atoms with van der Waals surface area (Å²) in [5.74, 6) is -0.203. The van der Waals surface area contributed by atoms with Gasteiger partial charge in [0.25, 0.3) is 9.05 Å². The second-order valence-corrected chi connectivity index (χ2v) is 6.41. The van der Waals surface area contributed by atoms with Crippen LogP contribution in [0.25, 0.3) is 22.3 Å². The van der Waals surface area contributed by atoms with E-state index in [1.807, 2.05) is 0 Å². The molecule has 3 aromatic rings. The second-order valence-electron chi connectivity index (χ2n) is 3.87. The van der Waals surface area contributed by atoms with Crippen LogP contribution in [0.1, 0.15) is 0 Å². The van der Waals surface area contributed by atoms with E-state index in [4.69, 9.17) is 10.7 Å². The third-order valence-electron chi connectivity index (χ3n) is 2.77. The molecule has 0 aliphatic carbocycles. The highest BCUT2D eigenvalue weighted by Gasteiger charge is 2.20. The Balaban J connectivity index is 2.41. The zero-order valence-corrected chi connectivity index (χ0v) is 10.9. The molecule has 0 radical (unpaired) electrons. The van der Waals surface area contributed by atoms with E-state index in [1.165, 1.54) is 24.5 Å². The van der Waals surface area contributed by atoms with Crippen molar-refractivity contribution in [2.75, 3.05) is 0 Å². The van der Waals surface area contributed by atoms with Gasteiger partial charge in [-0.2, -0.15) is 0 Å². The molecule has 0 saturated heterocycles. The van der Waals surface area contributed by atoms with Gasteiger partial charge in [-0.05, 0) is 12.1 Å². The molecule has 0 fully saturated rings. The van der Waals surface area contributed by atoms with Crippen LogP contribution in [0.3, 0.4) is 0 Å². The number of imidazole rings is 1. The van der Waals surface area contributed by atoms with Crippen molar-refractivity contribution >= 4 is 30.6 Å². The van der Waals surface area contributed by atoms with Crippen LogP contribution in [0.4, 0.5) is 4.39 Å². The highest BCUT2D eigenvalue weighted by molar-refractivity contribution is 8.14. The number of nitrogens with zero attached hydrogens (tertiary/aromatic N) is 1. The van der Waals surface area contributed by atoms with Crippen molar-refractivity contribution in [2.24, 2.45) is 0 Å². The van der Waals surface area contributed by atoms with Crippen LogP contribution in [-0.4, -0.2) is 23.4 Å². The van der Waals surface area contributed by atoms with E-state index in [9.17, 15) is 12.8 Å². The average molecular weight is 300 g/mol. The van der Waals surface area contributed by atoms with Gasteiger partial charge < -0.3 is 9.97 Å². The lowest BCUT2D eigenvalue weighted by molar-refractivity contribution is 0.610. The fraction of sp³-hybridized carbons (Fsp3) is 0. The Kier molecular flexibility index (Phi) is 2.61. The predicted molar refractivity (Wildman–Crippen MR) is 68.9 cm³/mol. The Labute approximate surface area is 111 Å². The van der Waals surface area contributed by atoms with Gasteiger partial charge in [0.05, 0.1) is 11.1 Å². The maximum atomic E-state index is 13.9. The van der Waals surface area contributed by atoms with Gasteiger partial charge in [-0.3, -0.25) is 0 Å². The summed E-state index contributed by atoms with van der Waals surface area (Å²) >= 11 is 0. The van der Waals surface area contributed by atoms with Crippen LogP contribution in [0, 0.1) is 5.82 Å². The van der Waals surface area contributed by atoms with Gasteiger partial charge in [-0.1, -0.05) is 0 Å². The molecule has 0 amide bonds. The molecule has 8 heteroatoms. The molecule has 1 aromatic carbocycles. The Morgan fingerprint density at radius 1 is 1.26 bits per heavy atom. The first-order valence-corrected chi connectivity index (χ1v) is 7.53. The van der Waals surface area contributed by atoms with Crippen LogP contribution in [0.15, 0.2) is 35.6 Å². The van der Waals surface area contributed by atoms with Crippen molar-refractivity contribution < 1.29 is 12.8 Å². The van der Waals surface area contributed by atoms with E-state index in [2.05, 4.69) is 15.0 Å². The van der Waals surface area contributed by atoms with Crippen LogP contribution < -0.4 is 0 Å². The molecule has 3 rings (SSSR count). The van der Waals surface area contributed by atoms with Crippen molar-refractivity contribution in [1.82, 2.24) is 15.0 Å². The minimum absolute atomic E-state index is 0.0861. The lowest BCUT2D eigenvalue weighted by Crippen LogP contribution is -1.91. The number of hydrogen-bond acceptors (Lipinski definition) is 3. The number of nitrogens with one attached hydrogen (secondary N) is 2. The maximum Gasteiger partial charge on any atom is 0.263 e. The summed E-state index contributed by atoms with van der Waals surface area (Å²) in [5, 5.41) is 0.322. The van der Waals surface area contributed by atoms with E-state index in [-0.39, 0.29) is 10.5 Å². The molecule has 0 saturated carbocycles. The Morgan fingerprint density at radius 2 is 2.05 bits per heavy atom. The molecule has 0 spiro atoms. The van der Waals surface area contributed by atoms with Gasteiger partial charge in [0.2, 0.25) is 0 Å². The van der Waals surface area contributed by atoms with E-state index in [0.717, 1.165) is 0 Å². The lowest BCUT2D eigenvalue weighted by Gasteiger charge is -2.02. The van der Waals surface area contributed by atoms with Crippen molar-refractivity contribution in [3.63, 3.8) is 0 Å². The average Bonchev–Trinajstić information content (AvgIpc) is 2.94. The summed E-state index contributed by atoms with van der Waals surface area (Å²) in [5.41, 5.74) is 0.503. The van der Waals surface area contributed by atoms with Crippen molar-refractivity contribution in [3.05, 3.63) is 36.5 Å². The second kappa shape index (κ2) is 4.07. The van der Waals surface area contributed by atoms with Crippen LogP contribution in [0.2, 0.25) is 0 Å². The van der Waals surface area contributed by atoms with E-state index < -0.39 is 14.9 Å². The quantitative estimate of drug-likeness (QED) is 0.714. The lowest BCUT2D eigenvalue weighted by atomic mass is 10.1. The zero-order chi connectivity index (χ0) is 13.6. The largest absolute Gasteiger partial charge is 0.359 e. The molecule has 2 aromatic heterocycles. The number of aromatic nitrogens is 3. The highest BCUT2D eigenvalue weighted by atomic mass is 35.7. The molecular weight excluding hydrogens is 293 g/mol. The maximum absolute atomic E-state index is 13.9. The number of H-pyrrole nitrogens is 2. The first-order valence-electron chi connectivity index (χ1n) is 5.22. The van der Waals surface area contributed by atoms with Gasteiger partial charge in [-0.25, -0.2) is 17.8 Å². The standard InChI is InChI=1S/C11H7ClFN3O2S/c12-19(17,18)8-5-16-10-6(8)1-2-7(13)9(10)11-14-3-4-15-11/h1-5,16H,(H,14,15). The van der Waals surface area contributed by atoms with Gasteiger partial charge in [-0.15, -0.1) is 0 Å². The zero-order valence-electron chi connectivity index (χ0n) is 9.31. The van der Waals surface area contributed by atoms with Crippen LogP contribution in [-0.2, 0) is 9.05 Å². The smallest absolute Gasteiger partial charge is 0.263 e. The molecule has 0 aliphatic heterocycles. The molecule has 5 nitrogen and oxygen atoms in total. The summed E-state index contributed by atoms with van der Waals surface area (Å²) in [6.45, 7) is 0. The van der Waals surface area contributed by atoms with Gasteiger partial charge in [0.15, 0.2) is 0 Å². The third-order valence-corrected chi connectivity index (χ3v) is 4.13. The van der Waals surface area contributed by atoms with Crippen molar-refractivity contribution in [1.29, 1.82) is 0 Å². The molecule has 19 heavy (non-hydrogen) atoms. The van der Waals surface area contributed by atoms with Crippen molar-refractivity contribution in [3.8, 4) is 11.4 Å². The number of aromatic amines is 2. The molecule has 0 atom stereocenters. The molecule has 2 N–H and O–H groups in total. The Morgan fingerprint density at radius 3 is 2.68 bits per heavy atom. The van der Waals surface area contributed by atoms with Crippen molar-refractivity contribution in [2.45, 2.75) is 4.90 Å². The number of rotatable bonds is 2. The fourth-order valence-electron chi connectivity index (χ4n) is 1.98. The molecule has 0 aliphatic rings. The van der Waals surface area contributed by atoms with Gasteiger partial charge in [0.1, 0.15) is 16.5 Å². The Hall–Kier alpha value is -1.86. The minimum atomic E-state index is -3.90. The number of fused-ring (bicyclic) bond motifs is 1. The topological polar surface area (TPSA) is 78.6 Å². The van der Waals surface area contributed by atoms with Gasteiger partial charge in [0, 0.05) is 34.7 Å². The first-order chi connectivity index (χ1) is 8.98. The minimum Gasteiger partial charge on any atom is -0.359 e. The normalized spacial score (nSPS) is 12.1. The molecule has 0 unspecified atom stereocenters. The molecule has 98 valence electrons. The van der Waals surface area contributed by atoms with E-state index in [0.29, 0.717) is 16.7 Å². The monoisotopic (exact) mass is 299 g/mol. The Bertz CT molecular complexity index is 856. The molecule has 2 heterocycles. The number of benzene rings is 1. The fourth-order valence-corrected chi connectivity index (χ4v) is 3.00. The third kappa shape index (κ3) is 1.91. The summed E-state index contributed by atoms with van der Waals surface area (Å²) in [7, 11) is 1.43. The van der Waals surface area contributed by atoms with E-state index in [1.54, 1.807) is 6.20 Å².